The molecular weight excluding hydrogens is 327 g/mol. The normalized spacial score (nSPS) is 11.0. The number of hydrogen-bond acceptors (Lipinski definition) is 3. The molecule has 2 rings (SSSR count). The summed E-state index contributed by atoms with van der Waals surface area (Å²) in [6.07, 6.45) is 0.248. The fourth-order valence-electron chi connectivity index (χ4n) is 1.86. The van der Waals surface area contributed by atoms with Crippen LogP contribution in [0.25, 0.3) is 0 Å². The summed E-state index contributed by atoms with van der Waals surface area (Å²) in [5.74, 6) is -1.22. The Bertz CT molecular complexity index is 794. The lowest BCUT2D eigenvalue weighted by molar-refractivity contribution is 0.591. The van der Waals surface area contributed by atoms with Crippen molar-refractivity contribution >= 4 is 27.3 Å². The number of sulfonamides is 1. The van der Waals surface area contributed by atoms with Crippen LogP contribution in [0.2, 0.25) is 5.02 Å². The maximum atomic E-state index is 13.6. The topological polar surface area (TPSA) is 70.0 Å². The predicted molar refractivity (Wildman–Crippen MR) is 83.4 cm³/mol. The Morgan fingerprint density at radius 2 is 1.86 bits per heavy atom. The van der Waals surface area contributed by atoms with Crippen LogP contribution in [0.5, 0.6) is 0 Å². The molecule has 7 heteroatoms. The van der Waals surface area contributed by atoms with E-state index >= 15 is 0 Å². The Morgan fingerprint density at radius 1 is 1.18 bits per heavy atom. The number of rotatable bonds is 5. The van der Waals surface area contributed by atoms with E-state index < -0.39 is 21.6 Å². The van der Waals surface area contributed by atoms with Crippen LogP contribution < -0.4 is 4.72 Å². The molecule has 0 aliphatic rings. The summed E-state index contributed by atoms with van der Waals surface area (Å²) in [5, 5.41) is 8.65. The molecule has 0 spiro atoms. The van der Waals surface area contributed by atoms with Gasteiger partial charge in [0.25, 0.3) is 0 Å². The standard InChI is InChI=1S/C15H12ClFN2O2S/c16-14-2-1-3-15(17)13(14)10-22(20,21)19-12-6-4-11(5-7-12)8-9-18/h1-7,19H,8,10H2. The minimum Gasteiger partial charge on any atom is -0.283 e. The van der Waals surface area contributed by atoms with Gasteiger partial charge in [-0.3, -0.25) is 4.72 Å². The van der Waals surface area contributed by atoms with Crippen LogP contribution in [0, 0.1) is 17.1 Å². The molecule has 0 amide bonds. The Kier molecular flexibility index (Phi) is 5.01. The van der Waals surface area contributed by atoms with E-state index in [9.17, 15) is 12.8 Å². The minimum atomic E-state index is -3.80. The zero-order valence-electron chi connectivity index (χ0n) is 11.4. The Balaban J connectivity index is 2.16. The lowest BCUT2D eigenvalue weighted by Crippen LogP contribution is -2.16. The van der Waals surface area contributed by atoms with E-state index in [1.807, 2.05) is 6.07 Å². The third kappa shape index (κ3) is 4.20. The van der Waals surface area contributed by atoms with Gasteiger partial charge in [-0.15, -0.1) is 0 Å². The van der Waals surface area contributed by atoms with Crippen molar-refractivity contribution in [3.05, 3.63) is 64.4 Å². The molecule has 0 saturated carbocycles. The molecule has 0 unspecified atom stereocenters. The lowest BCUT2D eigenvalue weighted by atomic mass is 10.1. The minimum absolute atomic E-state index is 0.0646. The van der Waals surface area contributed by atoms with Crippen molar-refractivity contribution in [3.8, 4) is 6.07 Å². The van der Waals surface area contributed by atoms with Crippen LogP contribution >= 0.6 is 11.6 Å². The first kappa shape index (κ1) is 16.3. The summed E-state index contributed by atoms with van der Waals surface area (Å²) in [6, 6.07) is 12.4. The first-order chi connectivity index (χ1) is 10.4. The van der Waals surface area contributed by atoms with Crippen LogP contribution in [-0.4, -0.2) is 8.42 Å². The molecule has 22 heavy (non-hydrogen) atoms. The van der Waals surface area contributed by atoms with Crippen LogP contribution in [0.3, 0.4) is 0 Å². The first-order valence-corrected chi connectivity index (χ1v) is 8.33. The van der Waals surface area contributed by atoms with Gasteiger partial charge in [0.05, 0.1) is 18.2 Å². The molecular formula is C15H12ClFN2O2S. The van der Waals surface area contributed by atoms with Crippen molar-refractivity contribution in [1.82, 2.24) is 0 Å². The van der Waals surface area contributed by atoms with Crippen LogP contribution in [0.15, 0.2) is 42.5 Å². The van der Waals surface area contributed by atoms with Crippen LogP contribution in [0.1, 0.15) is 11.1 Å². The molecule has 4 nitrogen and oxygen atoms in total. The first-order valence-electron chi connectivity index (χ1n) is 6.30. The zero-order valence-corrected chi connectivity index (χ0v) is 13.0. The molecule has 0 saturated heterocycles. The molecule has 2 aromatic rings. The zero-order chi connectivity index (χ0) is 16.2. The van der Waals surface area contributed by atoms with Crippen molar-refractivity contribution in [3.63, 3.8) is 0 Å². The van der Waals surface area contributed by atoms with Crippen LogP contribution in [0.4, 0.5) is 10.1 Å². The van der Waals surface area contributed by atoms with E-state index in [0.29, 0.717) is 5.69 Å². The number of nitrogens with one attached hydrogen (secondary N) is 1. The molecule has 2 aromatic carbocycles. The molecule has 0 aliphatic carbocycles. The molecule has 1 N–H and O–H groups in total. The summed E-state index contributed by atoms with van der Waals surface area (Å²) >= 11 is 5.83. The maximum Gasteiger partial charge on any atom is 0.237 e. The third-order valence-corrected chi connectivity index (χ3v) is 4.48. The molecule has 0 atom stereocenters. The summed E-state index contributed by atoms with van der Waals surface area (Å²) in [5.41, 5.74) is 1.05. The molecule has 0 heterocycles. The number of nitriles is 1. The van der Waals surface area contributed by atoms with Crippen molar-refractivity contribution in [2.45, 2.75) is 12.2 Å². The second-order valence-electron chi connectivity index (χ2n) is 4.59. The Labute approximate surface area is 133 Å². The van der Waals surface area contributed by atoms with E-state index in [4.69, 9.17) is 16.9 Å². The molecule has 0 aliphatic heterocycles. The highest BCUT2D eigenvalue weighted by Gasteiger charge is 2.17. The third-order valence-electron chi connectivity index (χ3n) is 2.91. The molecule has 0 fully saturated rings. The second-order valence-corrected chi connectivity index (χ2v) is 6.72. The van der Waals surface area contributed by atoms with E-state index in [1.54, 1.807) is 24.3 Å². The maximum absolute atomic E-state index is 13.6. The van der Waals surface area contributed by atoms with Gasteiger partial charge >= 0.3 is 0 Å². The molecule has 0 aromatic heterocycles. The van der Waals surface area contributed by atoms with E-state index in [2.05, 4.69) is 4.72 Å². The van der Waals surface area contributed by atoms with Crippen molar-refractivity contribution < 1.29 is 12.8 Å². The molecule has 0 bridgehead atoms. The second kappa shape index (κ2) is 6.77. The monoisotopic (exact) mass is 338 g/mol. The highest BCUT2D eigenvalue weighted by molar-refractivity contribution is 7.91. The predicted octanol–water partition coefficient (Wildman–Crippen LogP) is 3.49. The summed E-state index contributed by atoms with van der Waals surface area (Å²) in [4.78, 5) is 0. The van der Waals surface area contributed by atoms with Gasteiger partial charge in [0.1, 0.15) is 5.82 Å². The van der Waals surface area contributed by atoms with E-state index in [0.717, 1.165) is 11.6 Å². The number of halogens is 2. The molecule has 114 valence electrons. The van der Waals surface area contributed by atoms with Gasteiger partial charge < -0.3 is 0 Å². The van der Waals surface area contributed by atoms with E-state index in [-0.39, 0.29) is 17.0 Å². The van der Waals surface area contributed by atoms with Gasteiger partial charge in [-0.05, 0) is 29.8 Å². The van der Waals surface area contributed by atoms with Gasteiger partial charge in [-0.2, -0.15) is 5.26 Å². The largest absolute Gasteiger partial charge is 0.283 e. The molecule has 0 radical (unpaired) electrons. The van der Waals surface area contributed by atoms with Gasteiger partial charge in [0.2, 0.25) is 10.0 Å². The fraction of sp³-hybridized carbons (Fsp3) is 0.133. The van der Waals surface area contributed by atoms with E-state index in [1.165, 1.54) is 12.1 Å². The average molecular weight is 339 g/mol. The number of hydrogen-bond donors (Lipinski definition) is 1. The number of benzene rings is 2. The fourth-order valence-corrected chi connectivity index (χ4v) is 3.41. The SMILES string of the molecule is N#CCc1ccc(NS(=O)(=O)Cc2c(F)cccc2Cl)cc1. The average Bonchev–Trinajstić information content (AvgIpc) is 2.45. The summed E-state index contributed by atoms with van der Waals surface area (Å²) < 4.78 is 40.2. The lowest BCUT2D eigenvalue weighted by Gasteiger charge is -2.10. The van der Waals surface area contributed by atoms with Gasteiger partial charge in [0.15, 0.2) is 0 Å². The van der Waals surface area contributed by atoms with Gasteiger partial charge in [-0.25, -0.2) is 12.8 Å². The highest BCUT2D eigenvalue weighted by atomic mass is 35.5. The van der Waals surface area contributed by atoms with Crippen LogP contribution in [-0.2, 0) is 22.2 Å². The smallest absolute Gasteiger partial charge is 0.237 e. The number of anilines is 1. The van der Waals surface area contributed by atoms with Gasteiger partial charge in [0, 0.05) is 16.3 Å². The number of nitrogens with zero attached hydrogens (tertiary/aromatic N) is 1. The van der Waals surface area contributed by atoms with Crippen molar-refractivity contribution in [1.29, 1.82) is 5.26 Å². The Morgan fingerprint density at radius 3 is 2.45 bits per heavy atom. The van der Waals surface area contributed by atoms with Crippen molar-refractivity contribution in [2.24, 2.45) is 0 Å². The van der Waals surface area contributed by atoms with Gasteiger partial charge in [-0.1, -0.05) is 29.8 Å². The highest BCUT2D eigenvalue weighted by Crippen LogP contribution is 2.22. The van der Waals surface area contributed by atoms with Crippen molar-refractivity contribution in [2.75, 3.05) is 4.72 Å². The quantitative estimate of drug-likeness (QED) is 0.907. The summed E-state index contributed by atoms with van der Waals surface area (Å²) in [7, 11) is -3.80. The summed E-state index contributed by atoms with van der Waals surface area (Å²) in [6.45, 7) is 0. The Hall–Kier alpha value is -2.10.